The van der Waals surface area contributed by atoms with E-state index < -0.39 is 6.04 Å². The maximum Gasteiger partial charge on any atom is 0.249 e. The molecular formula is C18H23N7O2. The highest BCUT2D eigenvalue weighted by Crippen LogP contribution is 2.22. The average molecular weight is 369 g/mol. The Morgan fingerprint density at radius 3 is 2.52 bits per heavy atom. The SMILES string of the molecule is C[C@@H](C(=O)Nc1ccc(C2=NNC(=O)CC2)cc1)n1nnnc1C(C)(C)C. The number of tetrazole rings is 1. The van der Waals surface area contributed by atoms with E-state index in [1.54, 1.807) is 11.6 Å². The number of hydrazone groups is 1. The van der Waals surface area contributed by atoms with Crippen LogP contribution in [0.1, 0.15) is 58.0 Å². The zero-order valence-corrected chi connectivity index (χ0v) is 15.9. The van der Waals surface area contributed by atoms with E-state index in [0.29, 0.717) is 24.4 Å². The summed E-state index contributed by atoms with van der Waals surface area (Å²) in [6.07, 6.45) is 1.03. The first-order valence-corrected chi connectivity index (χ1v) is 8.81. The summed E-state index contributed by atoms with van der Waals surface area (Å²) in [5, 5.41) is 18.7. The molecule has 0 bridgehead atoms. The fourth-order valence-corrected chi connectivity index (χ4v) is 2.73. The summed E-state index contributed by atoms with van der Waals surface area (Å²) in [6.45, 7) is 7.74. The van der Waals surface area contributed by atoms with E-state index in [-0.39, 0.29) is 17.2 Å². The van der Waals surface area contributed by atoms with Gasteiger partial charge in [0.25, 0.3) is 0 Å². The molecule has 2 amide bonds. The van der Waals surface area contributed by atoms with Gasteiger partial charge in [-0.05, 0) is 35.0 Å². The summed E-state index contributed by atoms with van der Waals surface area (Å²) in [4.78, 5) is 23.8. The molecule has 0 radical (unpaired) electrons. The molecule has 2 N–H and O–H groups in total. The molecule has 1 aromatic carbocycles. The van der Waals surface area contributed by atoms with Crippen molar-refractivity contribution in [3.63, 3.8) is 0 Å². The first kappa shape index (κ1) is 18.7. The summed E-state index contributed by atoms with van der Waals surface area (Å²) in [7, 11) is 0. The van der Waals surface area contributed by atoms with Crippen LogP contribution in [0.5, 0.6) is 0 Å². The second-order valence-electron chi connectivity index (χ2n) is 7.53. The van der Waals surface area contributed by atoms with Gasteiger partial charge in [0.15, 0.2) is 5.82 Å². The molecule has 2 aromatic rings. The monoisotopic (exact) mass is 369 g/mol. The van der Waals surface area contributed by atoms with E-state index >= 15 is 0 Å². The van der Waals surface area contributed by atoms with Crippen molar-refractivity contribution in [1.29, 1.82) is 0 Å². The lowest BCUT2D eigenvalue weighted by Crippen LogP contribution is -2.29. The number of hydrogen-bond acceptors (Lipinski definition) is 6. The minimum absolute atomic E-state index is 0.0751. The van der Waals surface area contributed by atoms with Crippen LogP contribution in [0.2, 0.25) is 0 Å². The van der Waals surface area contributed by atoms with Crippen molar-refractivity contribution in [1.82, 2.24) is 25.6 Å². The highest BCUT2D eigenvalue weighted by atomic mass is 16.2. The Kier molecular flexibility index (Phi) is 5.02. The van der Waals surface area contributed by atoms with Crippen molar-refractivity contribution < 1.29 is 9.59 Å². The number of hydrogen-bond donors (Lipinski definition) is 2. The smallest absolute Gasteiger partial charge is 0.249 e. The molecule has 1 aromatic heterocycles. The van der Waals surface area contributed by atoms with Gasteiger partial charge in [-0.1, -0.05) is 32.9 Å². The average Bonchev–Trinajstić information content (AvgIpc) is 3.12. The van der Waals surface area contributed by atoms with Crippen molar-refractivity contribution >= 4 is 23.2 Å². The molecule has 0 spiro atoms. The van der Waals surface area contributed by atoms with E-state index in [1.165, 1.54) is 0 Å². The van der Waals surface area contributed by atoms with Gasteiger partial charge in [-0.15, -0.1) is 5.10 Å². The number of anilines is 1. The number of carbonyl (C=O) groups is 2. The molecule has 9 nitrogen and oxygen atoms in total. The molecule has 1 aliphatic rings. The summed E-state index contributed by atoms with van der Waals surface area (Å²) in [5.41, 5.74) is 4.62. The third-order valence-electron chi connectivity index (χ3n) is 4.30. The molecule has 142 valence electrons. The fourth-order valence-electron chi connectivity index (χ4n) is 2.73. The van der Waals surface area contributed by atoms with Crippen LogP contribution in [0.15, 0.2) is 29.4 Å². The van der Waals surface area contributed by atoms with Gasteiger partial charge in [0.2, 0.25) is 11.8 Å². The van der Waals surface area contributed by atoms with Crippen LogP contribution in [0.3, 0.4) is 0 Å². The molecule has 9 heteroatoms. The lowest BCUT2D eigenvalue weighted by atomic mass is 9.95. The maximum atomic E-state index is 12.6. The van der Waals surface area contributed by atoms with Crippen molar-refractivity contribution in [3.05, 3.63) is 35.7 Å². The van der Waals surface area contributed by atoms with Crippen LogP contribution in [-0.4, -0.2) is 37.7 Å². The highest BCUT2D eigenvalue weighted by Gasteiger charge is 2.27. The summed E-state index contributed by atoms with van der Waals surface area (Å²) in [5.74, 6) is 0.370. The normalized spacial score (nSPS) is 15.7. The zero-order chi connectivity index (χ0) is 19.6. The van der Waals surface area contributed by atoms with E-state index in [9.17, 15) is 9.59 Å². The third kappa shape index (κ3) is 4.18. The largest absolute Gasteiger partial charge is 0.324 e. The fraction of sp³-hybridized carbons (Fsp3) is 0.444. The van der Waals surface area contributed by atoms with E-state index in [4.69, 9.17) is 0 Å². The predicted molar refractivity (Wildman–Crippen MR) is 100 cm³/mol. The van der Waals surface area contributed by atoms with E-state index in [1.807, 2.05) is 45.0 Å². The molecule has 0 saturated heterocycles. The maximum absolute atomic E-state index is 12.6. The Morgan fingerprint density at radius 2 is 1.93 bits per heavy atom. The Balaban J connectivity index is 1.69. The number of aromatic nitrogens is 4. The number of rotatable bonds is 4. The van der Waals surface area contributed by atoms with Gasteiger partial charge in [-0.25, -0.2) is 10.1 Å². The molecule has 1 aliphatic heterocycles. The Hall–Kier alpha value is -3.10. The van der Waals surface area contributed by atoms with Crippen molar-refractivity contribution in [3.8, 4) is 0 Å². The Labute approximate surface area is 157 Å². The van der Waals surface area contributed by atoms with Crippen LogP contribution in [0.4, 0.5) is 5.69 Å². The predicted octanol–water partition coefficient (Wildman–Crippen LogP) is 1.78. The Morgan fingerprint density at radius 1 is 1.22 bits per heavy atom. The number of nitrogens with one attached hydrogen (secondary N) is 2. The van der Waals surface area contributed by atoms with Crippen LogP contribution >= 0.6 is 0 Å². The summed E-state index contributed by atoms with van der Waals surface area (Å²) >= 11 is 0. The molecule has 1 atom stereocenters. The van der Waals surface area contributed by atoms with E-state index in [2.05, 4.69) is 31.4 Å². The topological polar surface area (TPSA) is 114 Å². The van der Waals surface area contributed by atoms with Crippen LogP contribution < -0.4 is 10.7 Å². The van der Waals surface area contributed by atoms with E-state index in [0.717, 1.165) is 11.3 Å². The minimum atomic E-state index is -0.549. The van der Waals surface area contributed by atoms with Crippen molar-refractivity contribution in [2.45, 2.75) is 52.0 Å². The van der Waals surface area contributed by atoms with Gasteiger partial charge < -0.3 is 5.32 Å². The number of nitrogens with zero attached hydrogens (tertiary/aromatic N) is 5. The minimum Gasteiger partial charge on any atom is -0.324 e. The number of carbonyl (C=O) groups excluding carboxylic acids is 2. The molecule has 0 unspecified atom stereocenters. The molecule has 3 rings (SSSR count). The summed E-state index contributed by atoms with van der Waals surface area (Å²) < 4.78 is 1.54. The number of benzene rings is 1. The summed E-state index contributed by atoms with van der Waals surface area (Å²) in [6, 6.07) is 6.81. The van der Waals surface area contributed by atoms with Gasteiger partial charge in [-0.3, -0.25) is 9.59 Å². The quantitative estimate of drug-likeness (QED) is 0.853. The number of amides is 2. The molecule has 2 heterocycles. The van der Waals surface area contributed by atoms with Gasteiger partial charge in [0.05, 0.1) is 5.71 Å². The first-order valence-electron chi connectivity index (χ1n) is 8.81. The van der Waals surface area contributed by atoms with Gasteiger partial charge in [0, 0.05) is 23.9 Å². The lowest BCUT2D eigenvalue weighted by molar-refractivity contribution is -0.121. The molecule has 0 saturated carbocycles. The van der Waals surface area contributed by atoms with Crippen LogP contribution in [0.25, 0.3) is 0 Å². The van der Waals surface area contributed by atoms with Crippen molar-refractivity contribution in [2.75, 3.05) is 5.32 Å². The molecule has 27 heavy (non-hydrogen) atoms. The third-order valence-corrected chi connectivity index (χ3v) is 4.30. The second-order valence-corrected chi connectivity index (χ2v) is 7.53. The van der Waals surface area contributed by atoms with Gasteiger partial charge >= 0.3 is 0 Å². The molecular weight excluding hydrogens is 346 g/mol. The van der Waals surface area contributed by atoms with Gasteiger partial charge in [-0.2, -0.15) is 5.10 Å². The lowest BCUT2D eigenvalue weighted by Gasteiger charge is -2.20. The molecule has 0 fully saturated rings. The Bertz CT molecular complexity index is 878. The second kappa shape index (κ2) is 7.26. The van der Waals surface area contributed by atoms with Gasteiger partial charge in [0.1, 0.15) is 6.04 Å². The molecule has 0 aliphatic carbocycles. The zero-order valence-electron chi connectivity index (χ0n) is 15.9. The van der Waals surface area contributed by atoms with Crippen LogP contribution in [0, 0.1) is 0 Å². The standard InChI is InChI=1S/C18H23N7O2/c1-11(25-17(18(2,3)4)22-23-24-25)16(27)19-13-7-5-12(6-8-13)14-9-10-15(26)21-20-14/h5-8,11H,9-10H2,1-4H3,(H,19,27)(H,21,26)/t11-/m0/s1. The van der Waals surface area contributed by atoms with Crippen LogP contribution in [-0.2, 0) is 15.0 Å². The van der Waals surface area contributed by atoms with Crippen molar-refractivity contribution in [2.24, 2.45) is 5.10 Å². The highest BCUT2D eigenvalue weighted by molar-refractivity contribution is 6.04. The first-order chi connectivity index (χ1) is 12.8.